The summed E-state index contributed by atoms with van der Waals surface area (Å²) in [4.78, 5) is 0. The molecule has 2 aromatic carbocycles. The second-order valence-corrected chi connectivity index (χ2v) is 4.19. The molecule has 2 N–H and O–H groups in total. The van der Waals surface area contributed by atoms with Crippen LogP contribution in [0, 0.1) is 0 Å². The van der Waals surface area contributed by atoms with E-state index in [1.165, 1.54) is 0 Å². The number of para-hydroxylation sites is 1. The highest BCUT2D eigenvalue weighted by atomic mass is 35.5. The molecule has 1 aromatic heterocycles. The molecule has 0 aliphatic heterocycles. The minimum Gasteiger partial charge on any atom is -1.00 e. The minimum absolute atomic E-state index is 0. The number of benzene rings is 2. The van der Waals surface area contributed by atoms with Gasteiger partial charge in [-0.25, -0.2) is 4.57 Å². The van der Waals surface area contributed by atoms with Crippen LogP contribution in [-0.4, -0.2) is 10.2 Å². The van der Waals surface area contributed by atoms with Gasteiger partial charge >= 0.3 is 0 Å². The Morgan fingerprint density at radius 1 is 0.944 bits per heavy atom. The van der Waals surface area contributed by atoms with E-state index >= 15 is 0 Å². The number of aromatic hydroxyl groups is 2. The Morgan fingerprint density at radius 3 is 2.39 bits per heavy atom. The van der Waals surface area contributed by atoms with Gasteiger partial charge in [0.05, 0.1) is 10.8 Å². The summed E-state index contributed by atoms with van der Waals surface area (Å²) in [5.74, 6) is -0.177. The first-order valence-electron chi connectivity index (χ1n) is 5.40. The number of halogens is 1. The Balaban J connectivity index is 0.00000120. The van der Waals surface area contributed by atoms with Gasteiger partial charge < -0.3 is 22.6 Å². The molecular formula is C14H12ClNO2. The summed E-state index contributed by atoms with van der Waals surface area (Å²) in [5.41, 5.74) is 1.09. The first-order chi connectivity index (χ1) is 8.16. The van der Waals surface area contributed by atoms with E-state index in [1.807, 2.05) is 42.1 Å². The van der Waals surface area contributed by atoms with E-state index in [1.54, 1.807) is 12.1 Å². The fraction of sp³-hybridized carbons (Fsp3) is 0.0714. The number of aryl methyl sites for hydroxylation is 1. The summed E-state index contributed by atoms with van der Waals surface area (Å²) in [6, 6.07) is 11.2. The molecule has 0 atom stereocenters. The monoisotopic (exact) mass is 261 g/mol. The number of hydrogen-bond acceptors (Lipinski definition) is 2. The number of rotatable bonds is 0. The summed E-state index contributed by atoms with van der Waals surface area (Å²) < 4.78 is 2.01. The lowest BCUT2D eigenvalue weighted by Crippen LogP contribution is -3.00. The second kappa shape index (κ2) is 4.35. The molecule has 0 aliphatic rings. The van der Waals surface area contributed by atoms with Gasteiger partial charge in [0.15, 0.2) is 17.7 Å². The molecule has 0 bridgehead atoms. The number of hydrogen-bond donors (Lipinski definition) is 2. The molecule has 0 saturated carbocycles. The largest absolute Gasteiger partial charge is 1.00 e. The molecular weight excluding hydrogens is 250 g/mol. The first kappa shape index (κ1) is 12.5. The Morgan fingerprint density at radius 2 is 1.61 bits per heavy atom. The minimum atomic E-state index is -0.0900. The number of fused-ring (bicyclic) bond motifs is 3. The lowest BCUT2D eigenvalue weighted by molar-refractivity contribution is -0.643. The summed E-state index contributed by atoms with van der Waals surface area (Å²) in [5, 5.41) is 22.0. The van der Waals surface area contributed by atoms with E-state index in [0.29, 0.717) is 0 Å². The van der Waals surface area contributed by atoms with Crippen molar-refractivity contribution in [3.63, 3.8) is 0 Å². The predicted molar refractivity (Wildman–Crippen MR) is 66.0 cm³/mol. The molecule has 18 heavy (non-hydrogen) atoms. The first-order valence-corrected chi connectivity index (χ1v) is 5.40. The van der Waals surface area contributed by atoms with Crippen molar-refractivity contribution < 1.29 is 27.2 Å². The lowest BCUT2D eigenvalue weighted by Gasteiger charge is -2.04. The predicted octanol–water partition coefficient (Wildman–Crippen LogP) is -0.767. The van der Waals surface area contributed by atoms with Crippen LogP contribution in [0.5, 0.6) is 11.5 Å². The van der Waals surface area contributed by atoms with E-state index < -0.39 is 0 Å². The molecule has 4 heteroatoms. The van der Waals surface area contributed by atoms with Gasteiger partial charge in [-0.1, -0.05) is 12.1 Å². The zero-order valence-corrected chi connectivity index (χ0v) is 10.5. The Hall–Kier alpha value is -2.00. The number of phenolic OH excluding ortho intramolecular Hbond substituents is 2. The zero-order chi connectivity index (χ0) is 12.0. The van der Waals surface area contributed by atoms with E-state index in [-0.39, 0.29) is 23.9 Å². The third kappa shape index (κ3) is 1.73. The normalized spacial score (nSPS) is 10.5. The van der Waals surface area contributed by atoms with Crippen LogP contribution in [0.15, 0.2) is 42.6 Å². The maximum Gasteiger partial charge on any atom is 0.212 e. The highest BCUT2D eigenvalue weighted by Crippen LogP contribution is 2.32. The van der Waals surface area contributed by atoms with Gasteiger partial charge in [-0.3, -0.25) is 0 Å². The summed E-state index contributed by atoms with van der Waals surface area (Å²) in [7, 11) is 1.96. The average Bonchev–Trinajstić information content (AvgIpc) is 2.32. The second-order valence-electron chi connectivity index (χ2n) is 4.19. The van der Waals surface area contributed by atoms with Gasteiger partial charge in [-0.2, -0.15) is 0 Å². The third-order valence-corrected chi connectivity index (χ3v) is 3.05. The van der Waals surface area contributed by atoms with Crippen molar-refractivity contribution in [1.82, 2.24) is 0 Å². The van der Waals surface area contributed by atoms with Crippen LogP contribution in [-0.2, 0) is 7.05 Å². The highest BCUT2D eigenvalue weighted by molar-refractivity contribution is 6.04. The van der Waals surface area contributed by atoms with E-state index in [4.69, 9.17) is 0 Å². The zero-order valence-electron chi connectivity index (χ0n) is 9.76. The molecule has 0 amide bonds. The van der Waals surface area contributed by atoms with Crippen molar-refractivity contribution >= 4 is 21.7 Å². The maximum absolute atomic E-state index is 9.59. The van der Waals surface area contributed by atoms with Gasteiger partial charge in [-0.05, 0) is 18.2 Å². The van der Waals surface area contributed by atoms with E-state index in [0.717, 1.165) is 21.7 Å². The van der Waals surface area contributed by atoms with Crippen LogP contribution >= 0.6 is 0 Å². The summed E-state index contributed by atoms with van der Waals surface area (Å²) in [6.45, 7) is 0. The molecule has 0 radical (unpaired) electrons. The van der Waals surface area contributed by atoms with Crippen LogP contribution in [0.4, 0.5) is 0 Å². The number of pyridine rings is 1. The number of phenols is 2. The Kier molecular flexibility index (Phi) is 3.01. The quantitative estimate of drug-likeness (QED) is 0.317. The van der Waals surface area contributed by atoms with E-state index in [9.17, 15) is 10.2 Å². The molecule has 0 spiro atoms. The molecule has 1 heterocycles. The van der Waals surface area contributed by atoms with Crippen molar-refractivity contribution in [2.24, 2.45) is 7.05 Å². The van der Waals surface area contributed by atoms with Crippen LogP contribution < -0.4 is 17.0 Å². The van der Waals surface area contributed by atoms with Crippen LogP contribution in [0.2, 0.25) is 0 Å². The van der Waals surface area contributed by atoms with Gasteiger partial charge in [0.2, 0.25) is 5.52 Å². The highest BCUT2D eigenvalue weighted by Gasteiger charge is 2.12. The summed E-state index contributed by atoms with van der Waals surface area (Å²) in [6.07, 6.45) is 1.94. The van der Waals surface area contributed by atoms with Crippen LogP contribution in [0.1, 0.15) is 0 Å². The standard InChI is InChI=1S/C14H11NO2.ClH/c1-15-8-9-6-13(16)14(17)7-11(9)10-4-2-3-5-12(10)15;/h2-8,16H,1H3;1H. The fourth-order valence-corrected chi connectivity index (χ4v) is 2.22. The van der Waals surface area contributed by atoms with Crippen molar-refractivity contribution in [3.05, 3.63) is 42.6 Å². The van der Waals surface area contributed by atoms with Crippen molar-refractivity contribution in [2.75, 3.05) is 0 Å². The number of aromatic nitrogens is 1. The van der Waals surface area contributed by atoms with Crippen LogP contribution in [0.25, 0.3) is 21.7 Å². The molecule has 0 saturated heterocycles. The molecule has 0 unspecified atom stereocenters. The molecule has 92 valence electrons. The topological polar surface area (TPSA) is 44.3 Å². The van der Waals surface area contributed by atoms with Crippen LogP contribution in [0.3, 0.4) is 0 Å². The molecule has 0 aliphatic carbocycles. The SMILES string of the molecule is C[n+]1cc2cc(O)c(O)cc2c2ccccc21.[Cl-]. The third-order valence-electron chi connectivity index (χ3n) is 3.05. The average molecular weight is 262 g/mol. The summed E-state index contributed by atoms with van der Waals surface area (Å²) >= 11 is 0. The van der Waals surface area contributed by atoms with Crippen molar-refractivity contribution in [1.29, 1.82) is 0 Å². The molecule has 3 aromatic rings. The fourth-order valence-electron chi connectivity index (χ4n) is 2.22. The lowest BCUT2D eigenvalue weighted by atomic mass is 10.1. The smallest absolute Gasteiger partial charge is 0.212 e. The van der Waals surface area contributed by atoms with Crippen molar-refractivity contribution in [2.45, 2.75) is 0 Å². The Bertz CT molecular complexity index is 741. The van der Waals surface area contributed by atoms with Gasteiger partial charge in [0.25, 0.3) is 0 Å². The molecule has 3 rings (SSSR count). The van der Waals surface area contributed by atoms with Gasteiger partial charge in [-0.15, -0.1) is 0 Å². The van der Waals surface area contributed by atoms with Gasteiger partial charge in [0.1, 0.15) is 7.05 Å². The van der Waals surface area contributed by atoms with Gasteiger partial charge in [0, 0.05) is 11.5 Å². The maximum atomic E-state index is 9.59. The molecule has 0 fully saturated rings. The van der Waals surface area contributed by atoms with E-state index in [2.05, 4.69) is 0 Å². The molecule has 3 nitrogen and oxygen atoms in total. The Labute approximate surface area is 110 Å². The van der Waals surface area contributed by atoms with Crippen molar-refractivity contribution in [3.8, 4) is 11.5 Å². The number of nitrogens with zero attached hydrogens (tertiary/aromatic N) is 1.